The van der Waals surface area contributed by atoms with E-state index in [1.165, 1.54) is 16.5 Å². The Labute approximate surface area is 124 Å². The summed E-state index contributed by atoms with van der Waals surface area (Å²) in [5.74, 6) is 1.01. The molecule has 1 heterocycles. The van der Waals surface area contributed by atoms with Crippen LogP contribution in [0.15, 0.2) is 59.0 Å². The van der Waals surface area contributed by atoms with Gasteiger partial charge >= 0.3 is 0 Å². The van der Waals surface area contributed by atoms with Crippen molar-refractivity contribution < 1.29 is 4.42 Å². The SMILES string of the molecule is Cc1cccc2cc(CCC(Cl)c3ccccc3)oc12. The Hall–Kier alpha value is -1.73. The van der Waals surface area contributed by atoms with Gasteiger partial charge in [-0.1, -0.05) is 48.5 Å². The number of fused-ring (bicyclic) bond motifs is 1. The molecule has 1 unspecified atom stereocenters. The van der Waals surface area contributed by atoms with E-state index in [0.717, 1.165) is 24.2 Å². The molecular weight excluding hydrogens is 268 g/mol. The van der Waals surface area contributed by atoms with Crippen molar-refractivity contribution in [3.8, 4) is 0 Å². The summed E-state index contributed by atoms with van der Waals surface area (Å²) in [4.78, 5) is 0. The van der Waals surface area contributed by atoms with Gasteiger partial charge in [-0.15, -0.1) is 11.6 Å². The minimum atomic E-state index is 0.0329. The zero-order valence-corrected chi connectivity index (χ0v) is 12.2. The summed E-state index contributed by atoms with van der Waals surface area (Å²) in [6.07, 6.45) is 1.74. The van der Waals surface area contributed by atoms with Crippen LogP contribution in [0.1, 0.15) is 28.7 Å². The van der Waals surface area contributed by atoms with E-state index in [0.29, 0.717) is 0 Å². The van der Waals surface area contributed by atoms with Crippen molar-refractivity contribution in [1.82, 2.24) is 0 Å². The van der Waals surface area contributed by atoms with Gasteiger partial charge in [-0.05, 0) is 30.5 Å². The van der Waals surface area contributed by atoms with E-state index < -0.39 is 0 Å². The Morgan fingerprint density at radius 2 is 1.85 bits per heavy atom. The Bertz CT molecular complexity index is 700. The van der Waals surface area contributed by atoms with Gasteiger partial charge in [0.05, 0.1) is 5.38 Å². The molecule has 1 aromatic heterocycles. The zero-order valence-electron chi connectivity index (χ0n) is 11.5. The first-order valence-electron chi connectivity index (χ1n) is 6.91. The number of para-hydroxylation sites is 1. The van der Waals surface area contributed by atoms with E-state index in [1.54, 1.807) is 0 Å². The highest BCUT2D eigenvalue weighted by Crippen LogP contribution is 2.28. The highest BCUT2D eigenvalue weighted by molar-refractivity contribution is 6.20. The second kappa shape index (κ2) is 5.72. The molecule has 0 N–H and O–H groups in total. The van der Waals surface area contributed by atoms with E-state index in [2.05, 4.69) is 43.3 Å². The fourth-order valence-corrected chi connectivity index (χ4v) is 2.74. The van der Waals surface area contributed by atoms with Gasteiger partial charge in [-0.25, -0.2) is 0 Å². The fraction of sp³-hybridized carbons (Fsp3) is 0.222. The molecule has 0 fully saturated rings. The van der Waals surface area contributed by atoms with Crippen molar-refractivity contribution in [2.24, 2.45) is 0 Å². The quantitative estimate of drug-likeness (QED) is 0.564. The van der Waals surface area contributed by atoms with Crippen molar-refractivity contribution >= 4 is 22.6 Å². The van der Waals surface area contributed by atoms with Crippen molar-refractivity contribution in [3.63, 3.8) is 0 Å². The zero-order chi connectivity index (χ0) is 13.9. The summed E-state index contributed by atoms with van der Waals surface area (Å²) >= 11 is 6.44. The number of rotatable bonds is 4. The van der Waals surface area contributed by atoms with Crippen LogP contribution >= 0.6 is 11.6 Å². The molecule has 0 aliphatic carbocycles. The summed E-state index contributed by atoms with van der Waals surface area (Å²) in [5, 5.41) is 1.20. The van der Waals surface area contributed by atoms with Gasteiger partial charge in [-0.3, -0.25) is 0 Å². The van der Waals surface area contributed by atoms with E-state index in [9.17, 15) is 0 Å². The summed E-state index contributed by atoms with van der Waals surface area (Å²) in [7, 11) is 0. The third kappa shape index (κ3) is 2.73. The summed E-state index contributed by atoms with van der Waals surface area (Å²) in [5.41, 5.74) is 3.34. The van der Waals surface area contributed by atoms with Gasteiger partial charge in [0.25, 0.3) is 0 Å². The first-order valence-corrected chi connectivity index (χ1v) is 7.35. The monoisotopic (exact) mass is 284 g/mol. The predicted octanol–water partition coefficient (Wildman–Crippen LogP) is 5.65. The normalized spacial score (nSPS) is 12.7. The molecular formula is C18H17ClO. The molecule has 0 spiro atoms. The topological polar surface area (TPSA) is 13.1 Å². The van der Waals surface area contributed by atoms with Gasteiger partial charge in [-0.2, -0.15) is 0 Å². The van der Waals surface area contributed by atoms with Crippen LogP contribution in [-0.2, 0) is 6.42 Å². The Kier molecular flexibility index (Phi) is 3.79. The molecule has 0 bridgehead atoms. The lowest BCUT2D eigenvalue weighted by molar-refractivity contribution is 0.535. The summed E-state index contributed by atoms with van der Waals surface area (Å²) in [6.45, 7) is 2.07. The first-order chi connectivity index (χ1) is 9.74. The standard InChI is InChI=1S/C18H17ClO/c1-13-6-5-9-15-12-16(20-18(13)15)10-11-17(19)14-7-3-2-4-8-14/h2-9,12,17H,10-11H2,1H3. The highest BCUT2D eigenvalue weighted by atomic mass is 35.5. The average molecular weight is 285 g/mol. The Balaban J connectivity index is 1.72. The molecule has 1 atom stereocenters. The molecule has 2 heteroatoms. The van der Waals surface area contributed by atoms with Crippen LogP contribution in [-0.4, -0.2) is 0 Å². The van der Waals surface area contributed by atoms with Gasteiger partial charge < -0.3 is 4.42 Å². The number of aryl methyl sites for hydroxylation is 2. The Morgan fingerprint density at radius 1 is 1.05 bits per heavy atom. The van der Waals surface area contributed by atoms with Gasteiger partial charge in [0.2, 0.25) is 0 Å². The summed E-state index contributed by atoms with van der Waals surface area (Å²) in [6, 6.07) is 18.5. The second-order valence-corrected chi connectivity index (χ2v) is 5.65. The predicted molar refractivity (Wildman–Crippen MR) is 84.3 cm³/mol. The molecule has 0 saturated heterocycles. The fourth-order valence-electron chi connectivity index (χ4n) is 2.48. The van der Waals surface area contributed by atoms with Gasteiger partial charge in [0.15, 0.2) is 0 Å². The van der Waals surface area contributed by atoms with Crippen LogP contribution in [0.5, 0.6) is 0 Å². The lowest BCUT2D eigenvalue weighted by Crippen LogP contribution is -1.92. The number of halogens is 1. The first kappa shape index (κ1) is 13.3. The summed E-state index contributed by atoms with van der Waals surface area (Å²) < 4.78 is 5.93. The molecule has 0 aliphatic rings. The highest BCUT2D eigenvalue weighted by Gasteiger charge is 2.10. The maximum absolute atomic E-state index is 6.44. The van der Waals surface area contributed by atoms with Crippen molar-refractivity contribution in [2.75, 3.05) is 0 Å². The lowest BCUT2D eigenvalue weighted by atomic mass is 10.1. The number of furan rings is 1. The number of alkyl halides is 1. The number of hydrogen-bond donors (Lipinski definition) is 0. The molecule has 3 rings (SSSR count). The van der Waals surface area contributed by atoms with Crippen LogP contribution < -0.4 is 0 Å². The van der Waals surface area contributed by atoms with Crippen LogP contribution in [0, 0.1) is 6.92 Å². The average Bonchev–Trinajstić information content (AvgIpc) is 2.90. The van der Waals surface area contributed by atoms with Crippen LogP contribution in [0.25, 0.3) is 11.0 Å². The minimum Gasteiger partial charge on any atom is -0.461 e. The lowest BCUT2D eigenvalue weighted by Gasteiger charge is -2.08. The molecule has 0 saturated carbocycles. The largest absolute Gasteiger partial charge is 0.461 e. The van der Waals surface area contributed by atoms with E-state index in [4.69, 9.17) is 16.0 Å². The molecule has 1 nitrogen and oxygen atoms in total. The molecule has 102 valence electrons. The second-order valence-electron chi connectivity index (χ2n) is 5.12. The maximum atomic E-state index is 6.44. The molecule has 0 aliphatic heterocycles. The van der Waals surface area contributed by atoms with Crippen molar-refractivity contribution in [1.29, 1.82) is 0 Å². The van der Waals surface area contributed by atoms with E-state index >= 15 is 0 Å². The van der Waals surface area contributed by atoms with E-state index in [1.807, 2.05) is 18.2 Å². The molecule has 2 aromatic carbocycles. The minimum absolute atomic E-state index is 0.0329. The van der Waals surface area contributed by atoms with Crippen molar-refractivity contribution in [3.05, 3.63) is 71.5 Å². The number of hydrogen-bond acceptors (Lipinski definition) is 1. The third-order valence-corrected chi connectivity index (χ3v) is 4.07. The van der Waals surface area contributed by atoms with Crippen molar-refractivity contribution in [2.45, 2.75) is 25.1 Å². The number of benzene rings is 2. The third-order valence-electron chi connectivity index (χ3n) is 3.60. The smallest absolute Gasteiger partial charge is 0.137 e. The van der Waals surface area contributed by atoms with Crippen LogP contribution in [0.4, 0.5) is 0 Å². The Morgan fingerprint density at radius 3 is 2.60 bits per heavy atom. The van der Waals surface area contributed by atoms with Gasteiger partial charge in [0.1, 0.15) is 11.3 Å². The van der Waals surface area contributed by atoms with Crippen LogP contribution in [0.2, 0.25) is 0 Å². The molecule has 3 aromatic rings. The van der Waals surface area contributed by atoms with Crippen LogP contribution in [0.3, 0.4) is 0 Å². The van der Waals surface area contributed by atoms with E-state index in [-0.39, 0.29) is 5.38 Å². The molecule has 0 radical (unpaired) electrons. The van der Waals surface area contributed by atoms with Gasteiger partial charge in [0, 0.05) is 11.8 Å². The maximum Gasteiger partial charge on any atom is 0.137 e. The molecule has 0 amide bonds. The molecule has 20 heavy (non-hydrogen) atoms.